The molecule has 0 heterocycles. The Bertz CT molecular complexity index is 114. The maximum absolute atomic E-state index is 6.72. The summed E-state index contributed by atoms with van der Waals surface area (Å²) in [6.45, 7) is 1.48. The SMILES string of the molecule is CC(=N)C(=N)C=N. The van der Waals surface area contributed by atoms with Crippen molar-refractivity contribution in [3.8, 4) is 0 Å². The summed E-state index contributed by atoms with van der Waals surface area (Å²) >= 11 is 0. The Hall–Kier alpha value is -0.990. The molecule has 3 heteroatoms. The van der Waals surface area contributed by atoms with Gasteiger partial charge in [-0.15, -0.1) is 0 Å². The Morgan fingerprint density at radius 1 is 1.43 bits per heavy atom. The minimum Gasteiger partial charge on any atom is -0.306 e. The van der Waals surface area contributed by atoms with Crippen molar-refractivity contribution in [2.45, 2.75) is 6.92 Å². The highest BCUT2D eigenvalue weighted by Gasteiger charge is 1.88. The largest absolute Gasteiger partial charge is 0.306 e. The van der Waals surface area contributed by atoms with E-state index in [-0.39, 0.29) is 11.4 Å². The van der Waals surface area contributed by atoms with E-state index in [1.807, 2.05) is 0 Å². The topological polar surface area (TPSA) is 71.6 Å². The molecule has 38 valence electrons. The van der Waals surface area contributed by atoms with Crippen LogP contribution in [0.2, 0.25) is 0 Å². The molecule has 0 spiro atoms. The van der Waals surface area contributed by atoms with Gasteiger partial charge in [0.2, 0.25) is 0 Å². The van der Waals surface area contributed by atoms with E-state index in [0.29, 0.717) is 0 Å². The van der Waals surface area contributed by atoms with Crippen LogP contribution in [0, 0.1) is 16.2 Å². The minimum absolute atomic E-state index is 0.0278. The number of hydrogen-bond donors (Lipinski definition) is 3. The van der Waals surface area contributed by atoms with Gasteiger partial charge in [0.1, 0.15) is 0 Å². The zero-order valence-electron chi connectivity index (χ0n) is 4.08. The molecule has 0 saturated carbocycles. The molecule has 0 bridgehead atoms. The summed E-state index contributed by atoms with van der Waals surface area (Å²) < 4.78 is 0. The lowest BCUT2D eigenvalue weighted by Gasteiger charge is -1.84. The van der Waals surface area contributed by atoms with Crippen LogP contribution in [0.25, 0.3) is 0 Å². The Morgan fingerprint density at radius 3 is 1.86 bits per heavy atom. The van der Waals surface area contributed by atoms with Crippen molar-refractivity contribution in [3.63, 3.8) is 0 Å². The van der Waals surface area contributed by atoms with Gasteiger partial charge in [0, 0.05) is 6.21 Å². The van der Waals surface area contributed by atoms with Gasteiger partial charge in [0.25, 0.3) is 0 Å². The van der Waals surface area contributed by atoms with Crippen molar-refractivity contribution in [3.05, 3.63) is 0 Å². The average molecular weight is 97.1 g/mol. The van der Waals surface area contributed by atoms with E-state index in [4.69, 9.17) is 16.2 Å². The Balaban J connectivity index is 3.81. The molecule has 0 atom stereocenters. The first-order valence-corrected chi connectivity index (χ1v) is 1.83. The van der Waals surface area contributed by atoms with Gasteiger partial charge in [-0.05, 0) is 6.92 Å². The second-order valence-corrected chi connectivity index (χ2v) is 1.18. The van der Waals surface area contributed by atoms with Gasteiger partial charge in [0.05, 0.1) is 11.4 Å². The van der Waals surface area contributed by atoms with Crippen LogP contribution in [0.5, 0.6) is 0 Å². The Labute approximate surface area is 41.9 Å². The lowest BCUT2D eigenvalue weighted by Crippen LogP contribution is -2.06. The van der Waals surface area contributed by atoms with Gasteiger partial charge in [-0.2, -0.15) is 0 Å². The first-order chi connectivity index (χ1) is 3.18. The smallest absolute Gasteiger partial charge is 0.0920 e. The van der Waals surface area contributed by atoms with Crippen LogP contribution in [-0.2, 0) is 0 Å². The van der Waals surface area contributed by atoms with E-state index < -0.39 is 0 Å². The molecule has 0 rings (SSSR count). The molecule has 0 amide bonds. The Morgan fingerprint density at radius 2 is 1.86 bits per heavy atom. The lowest BCUT2D eigenvalue weighted by molar-refractivity contribution is 1.47. The second-order valence-electron chi connectivity index (χ2n) is 1.18. The highest BCUT2D eigenvalue weighted by Crippen LogP contribution is 1.67. The highest BCUT2D eigenvalue weighted by atomic mass is 14.5. The molecule has 0 aromatic heterocycles. The average Bonchev–Trinajstić information content (AvgIpc) is 1.65. The summed E-state index contributed by atoms with van der Waals surface area (Å²) in [6, 6.07) is 0. The van der Waals surface area contributed by atoms with Crippen LogP contribution in [0.3, 0.4) is 0 Å². The summed E-state index contributed by atoms with van der Waals surface area (Å²) in [5.74, 6) is 0. The maximum atomic E-state index is 6.72. The third kappa shape index (κ3) is 1.81. The van der Waals surface area contributed by atoms with E-state index in [2.05, 4.69) is 0 Å². The molecule has 3 nitrogen and oxygen atoms in total. The Kier molecular flexibility index (Phi) is 1.91. The second kappa shape index (κ2) is 2.23. The first-order valence-electron chi connectivity index (χ1n) is 1.83. The van der Waals surface area contributed by atoms with Crippen LogP contribution in [-0.4, -0.2) is 17.6 Å². The molecular formula is C4H7N3. The van der Waals surface area contributed by atoms with Gasteiger partial charge in [-0.25, -0.2) is 0 Å². The summed E-state index contributed by atoms with van der Waals surface area (Å²) in [5.41, 5.74) is 0.106. The fraction of sp³-hybridized carbons (Fsp3) is 0.250. The molecule has 7 heavy (non-hydrogen) atoms. The molecule has 0 radical (unpaired) electrons. The van der Waals surface area contributed by atoms with E-state index in [1.54, 1.807) is 0 Å². The van der Waals surface area contributed by atoms with Gasteiger partial charge >= 0.3 is 0 Å². The predicted octanol–water partition coefficient (Wildman–Crippen LogP) is 0.695. The minimum atomic E-state index is -0.0278. The van der Waals surface area contributed by atoms with Crippen LogP contribution < -0.4 is 0 Å². The molecule has 0 saturated heterocycles. The fourth-order valence-electron chi connectivity index (χ4n) is 0.108. The zero-order valence-corrected chi connectivity index (χ0v) is 4.08. The van der Waals surface area contributed by atoms with E-state index >= 15 is 0 Å². The lowest BCUT2D eigenvalue weighted by atomic mass is 10.3. The summed E-state index contributed by atoms with van der Waals surface area (Å²) in [6.07, 6.45) is 0.850. The van der Waals surface area contributed by atoms with Crippen LogP contribution in [0.1, 0.15) is 6.92 Å². The molecule has 0 unspecified atom stereocenters. The first kappa shape index (κ1) is 6.01. The monoisotopic (exact) mass is 97.1 g/mol. The zero-order chi connectivity index (χ0) is 5.86. The molecule has 0 aromatic carbocycles. The van der Waals surface area contributed by atoms with E-state index in [0.717, 1.165) is 6.21 Å². The fourth-order valence-corrected chi connectivity index (χ4v) is 0.108. The van der Waals surface area contributed by atoms with Crippen LogP contribution >= 0.6 is 0 Å². The molecule has 0 aliphatic rings. The van der Waals surface area contributed by atoms with Gasteiger partial charge in [0.15, 0.2) is 0 Å². The summed E-state index contributed by atoms with van der Waals surface area (Å²) in [5, 5.41) is 19.9. The van der Waals surface area contributed by atoms with Crippen molar-refractivity contribution < 1.29 is 0 Å². The molecule has 0 aromatic rings. The van der Waals surface area contributed by atoms with Crippen LogP contribution in [0.4, 0.5) is 0 Å². The third-order valence-electron chi connectivity index (χ3n) is 0.548. The number of nitrogens with one attached hydrogen (secondary N) is 3. The molecule has 3 N–H and O–H groups in total. The third-order valence-corrected chi connectivity index (χ3v) is 0.548. The molecule has 0 aliphatic carbocycles. The normalized spacial score (nSPS) is 7.57. The highest BCUT2D eigenvalue weighted by molar-refractivity contribution is 6.59. The van der Waals surface area contributed by atoms with Crippen molar-refractivity contribution in [1.29, 1.82) is 16.2 Å². The van der Waals surface area contributed by atoms with Crippen molar-refractivity contribution in [1.82, 2.24) is 0 Å². The predicted molar refractivity (Wildman–Crippen MR) is 29.9 cm³/mol. The van der Waals surface area contributed by atoms with Crippen molar-refractivity contribution >= 4 is 17.6 Å². The van der Waals surface area contributed by atoms with E-state index in [9.17, 15) is 0 Å². The van der Waals surface area contributed by atoms with Gasteiger partial charge < -0.3 is 10.8 Å². The number of rotatable bonds is 2. The van der Waals surface area contributed by atoms with Gasteiger partial charge in [-0.3, -0.25) is 5.41 Å². The van der Waals surface area contributed by atoms with Crippen LogP contribution in [0.15, 0.2) is 0 Å². The molecular weight excluding hydrogens is 90.1 g/mol. The molecule has 0 fully saturated rings. The summed E-state index contributed by atoms with van der Waals surface area (Å²) in [7, 11) is 0. The van der Waals surface area contributed by atoms with Gasteiger partial charge in [-0.1, -0.05) is 0 Å². The molecule has 0 aliphatic heterocycles. The number of hydrogen-bond acceptors (Lipinski definition) is 3. The summed E-state index contributed by atoms with van der Waals surface area (Å²) in [4.78, 5) is 0. The maximum Gasteiger partial charge on any atom is 0.0920 e. The van der Waals surface area contributed by atoms with Crippen molar-refractivity contribution in [2.75, 3.05) is 0 Å². The quantitative estimate of drug-likeness (QED) is 0.424. The standard InChI is InChI=1S/C4H7N3/c1-3(6)4(7)2-5/h2,5-7H,1H3. The van der Waals surface area contributed by atoms with E-state index in [1.165, 1.54) is 6.92 Å². The van der Waals surface area contributed by atoms with Crippen molar-refractivity contribution in [2.24, 2.45) is 0 Å².